The summed E-state index contributed by atoms with van der Waals surface area (Å²) < 4.78 is 4.47. The van der Waals surface area contributed by atoms with E-state index in [1.54, 1.807) is 17.0 Å². The minimum atomic E-state index is -0.524. The summed E-state index contributed by atoms with van der Waals surface area (Å²) in [7, 11) is 1.26. The van der Waals surface area contributed by atoms with Gasteiger partial charge in [-0.1, -0.05) is 6.07 Å². The molecular formula is C14H16N2O5. The van der Waals surface area contributed by atoms with Crippen molar-refractivity contribution in [2.45, 2.75) is 12.5 Å². The Kier molecular flexibility index (Phi) is 4.54. The number of rotatable bonds is 4. The average Bonchev–Trinajstić information content (AvgIpc) is 2.90. The van der Waals surface area contributed by atoms with Crippen LogP contribution in [0.25, 0.3) is 6.08 Å². The van der Waals surface area contributed by atoms with Crippen molar-refractivity contribution in [2.75, 3.05) is 25.1 Å². The maximum Gasteiger partial charge on any atom is 0.330 e. The quantitative estimate of drug-likeness (QED) is 0.390. The summed E-state index contributed by atoms with van der Waals surface area (Å²) in [5.41, 5.74) is 0.971. The molecule has 1 atom stereocenters. The van der Waals surface area contributed by atoms with Gasteiger partial charge in [0.2, 0.25) is 0 Å². The van der Waals surface area contributed by atoms with Crippen LogP contribution in [0.4, 0.5) is 11.4 Å². The lowest BCUT2D eigenvalue weighted by atomic mass is 10.1. The smallest absolute Gasteiger partial charge is 0.330 e. The minimum absolute atomic E-state index is 0.0453. The molecule has 0 radical (unpaired) electrons. The van der Waals surface area contributed by atoms with Crippen molar-refractivity contribution in [1.29, 1.82) is 0 Å². The molecule has 0 amide bonds. The lowest BCUT2D eigenvalue weighted by molar-refractivity contribution is -0.384. The number of carbonyl (C=O) groups excluding carboxylic acids is 1. The van der Waals surface area contributed by atoms with Gasteiger partial charge in [-0.3, -0.25) is 10.1 Å². The number of hydrogen-bond acceptors (Lipinski definition) is 6. The van der Waals surface area contributed by atoms with E-state index in [4.69, 9.17) is 0 Å². The number of hydrogen-bond donors (Lipinski definition) is 1. The Bertz CT molecular complexity index is 585. The fraction of sp³-hybridized carbons (Fsp3) is 0.357. The second-order valence-electron chi connectivity index (χ2n) is 4.75. The van der Waals surface area contributed by atoms with Crippen molar-refractivity contribution in [3.63, 3.8) is 0 Å². The molecule has 0 saturated carbocycles. The lowest BCUT2D eigenvalue weighted by Gasteiger charge is -2.17. The van der Waals surface area contributed by atoms with Gasteiger partial charge in [0.15, 0.2) is 0 Å². The zero-order chi connectivity index (χ0) is 15.4. The first-order valence-electron chi connectivity index (χ1n) is 6.48. The third-order valence-electron chi connectivity index (χ3n) is 3.31. The molecule has 1 saturated heterocycles. The van der Waals surface area contributed by atoms with Crippen molar-refractivity contribution >= 4 is 23.4 Å². The Morgan fingerprint density at radius 2 is 2.33 bits per heavy atom. The van der Waals surface area contributed by atoms with Crippen LogP contribution in [-0.4, -0.2) is 42.3 Å². The Hall–Kier alpha value is -2.41. The highest BCUT2D eigenvalue weighted by Crippen LogP contribution is 2.32. The van der Waals surface area contributed by atoms with Crippen LogP contribution in [0.5, 0.6) is 0 Å². The number of nitro benzene ring substituents is 1. The first-order valence-corrected chi connectivity index (χ1v) is 6.48. The first-order chi connectivity index (χ1) is 10.0. The Morgan fingerprint density at radius 3 is 2.90 bits per heavy atom. The van der Waals surface area contributed by atoms with E-state index in [2.05, 4.69) is 4.74 Å². The molecule has 0 bridgehead atoms. The van der Waals surface area contributed by atoms with Crippen LogP contribution in [0.1, 0.15) is 12.0 Å². The van der Waals surface area contributed by atoms with Gasteiger partial charge in [-0.25, -0.2) is 4.79 Å². The van der Waals surface area contributed by atoms with Gasteiger partial charge < -0.3 is 14.7 Å². The Morgan fingerprint density at radius 1 is 1.57 bits per heavy atom. The number of aliphatic hydroxyl groups excluding tert-OH is 1. The highest BCUT2D eigenvalue weighted by molar-refractivity contribution is 5.87. The molecule has 112 valence electrons. The molecule has 7 heteroatoms. The number of anilines is 1. The predicted molar refractivity (Wildman–Crippen MR) is 77.0 cm³/mol. The molecule has 1 aromatic rings. The number of carbonyl (C=O) groups is 1. The SMILES string of the molecule is COC(=O)C=Cc1ccc(N2CC[C@@H](O)C2)c([N+](=O)[O-])c1. The number of esters is 1. The van der Waals surface area contributed by atoms with E-state index in [-0.39, 0.29) is 5.69 Å². The van der Waals surface area contributed by atoms with E-state index in [0.717, 1.165) is 0 Å². The number of β-amino-alcohol motifs (C(OH)–C–C–N with tert-alkyl or cyclic N) is 1. The third kappa shape index (κ3) is 3.57. The largest absolute Gasteiger partial charge is 0.466 e. The van der Waals surface area contributed by atoms with Gasteiger partial charge in [0, 0.05) is 25.2 Å². The number of nitro groups is 1. The molecule has 1 aliphatic rings. The van der Waals surface area contributed by atoms with Crippen LogP contribution >= 0.6 is 0 Å². The molecule has 21 heavy (non-hydrogen) atoms. The molecule has 1 heterocycles. The van der Waals surface area contributed by atoms with Crippen LogP contribution in [0.2, 0.25) is 0 Å². The summed E-state index contributed by atoms with van der Waals surface area (Å²) in [6.07, 6.45) is 2.81. The predicted octanol–water partition coefficient (Wildman–Crippen LogP) is 1.35. The molecule has 0 aromatic heterocycles. The zero-order valence-electron chi connectivity index (χ0n) is 11.6. The van der Waals surface area contributed by atoms with E-state index >= 15 is 0 Å². The molecule has 0 aliphatic carbocycles. The van der Waals surface area contributed by atoms with Crippen LogP contribution in [-0.2, 0) is 9.53 Å². The van der Waals surface area contributed by atoms with Crippen molar-refractivity contribution in [3.05, 3.63) is 40.0 Å². The van der Waals surface area contributed by atoms with Crippen LogP contribution < -0.4 is 4.90 Å². The van der Waals surface area contributed by atoms with E-state index in [9.17, 15) is 20.0 Å². The summed E-state index contributed by atoms with van der Waals surface area (Å²) >= 11 is 0. The Labute approximate surface area is 121 Å². The summed E-state index contributed by atoms with van der Waals surface area (Å²) in [6.45, 7) is 0.970. The number of nitrogens with zero attached hydrogens (tertiary/aromatic N) is 2. The van der Waals surface area contributed by atoms with Gasteiger partial charge in [0.25, 0.3) is 5.69 Å². The van der Waals surface area contributed by atoms with Crippen molar-refractivity contribution in [2.24, 2.45) is 0 Å². The molecule has 1 N–H and O–H groups in total. The van der Waals surface area contributed by atoms with Crippen LogP contribution in [0.15, 0.2) is 24.3 Å². The maximum atomic E-state index is 11.2. The summed E-state index contributed by atoms with van der Waals surface area (Å²) in [5, 5.41) is 20.8. The fourth-order valence-electron chi connectivity index (χ4n) is 2.25. The van der Waals surface area contributed by atoms with Crippen LogP contribution in [0.3, 0.4) is 0 Å². The molecule has 1 fully saturated rings. The average molecular weight is 292 g/mol. The van der Waals surface area contributed by atoms with Crippen molar-refractivity contribution < 1.29 is 19.6 Å². The molecular weight excluding hydrogens is 276 g/mol. The van der Waals surface area contributed by atoms with Gasteiger partial charge in [-0.05, 0) is 24.1 Å². The molecule has 1 aromatic carbocycles. The maximum absolute atomic E-state index is 11.2. The molecule has 2 rings (SSSR count). The standard InChI is InChI=1S/C14H16N2O5/c1-21-14(18)5-3-10-2-4-12(13(8-10)16(19)20)15-7-6-11(17)9-15/h2-5,8,11,17H,6-7,9H2,1H3/t11-/m1/s1. The highest BCUT2D eigenvalue weighted by Gasteiger charge is 2.26. The number of methoxy groups -OCH3 is 1. The molecule has 1 aliphatic heterocycles. The van der Waals surface area contributed by atoms with E-state index in [1.807, 2.05) is 0 Å². The number of aliphatic hydroxyl groups is 1. The zero-order valence-corrected chi connectivity index (χ0v) is 11.6. The number of ether oxygens (including phenoxy) is 1. The van der Waals surface area contributed by atoms with Gasteiger partial charge in [-0.2, -0.15) is 0 Å². The van der Waals surface area contributed by atoms with E-state index < -0.39 is 17.0 Å². The van der Waals surface area contributed by atoms with Crippen molar-refractivity contribution in [3.8, 4) is 0 Å². The number of benzene rings is 1. The second kappa shape index (κ2) is 6.36. The van der Waals surface area contributed by atoms with E-state index in [0.29, 0.717) is 30.8 Å². The topological polar surface area (TPSA) is 92.9 Å². The molecule has 0 unspecified atom stereocenters. The van der Waals surface area contributed by atoms with Crippen LogP contribution in [0, 0.1) is 10.1 Å². The fourth-order valence-corrected chi connectivity index (χ4v) is 2.25. The Balaban J connectivity index is 2.29. The third-order valence-corrected chi connectivity index (χ3v) is 3.31. The monoisotopic (exact) mass is 292 g/mol. The van der Waals surface area contributed by atoms with Gasteiger partial charge in [0.05, 0.1) is 18.1 Å². The van der Waals surface area contributed by atoms with Gasteiger partial charge >= 0.3 is 5.97 Å². The van der Waals surface area contributed by atoms with Gasteiger partial charge in [-0.15, -0.1) is 0 Å². The first kappa shape index (κ1) is 15.0. The summed E-state index contributed by atoms with van der Waals surface area (Å²) in [6, 6.07) is 4.72. The summed E-state index contributed by atoms with van der Waals surface area (Å²) in [5.74, 6) is -0.524. The molecule has 7 nitrogen and oxygen atoms in total. The second-order valence-corrected chi connectivity index (χ2v) is 4.75. The van der Waals surface area contributed by atoms with Crippen molar-refractivity contribution in [1.82, 2.24) is 0 Å². The highest BCUT2D eigenvalue weighted by atomic mass is 16.6. The molecule has 0 spiro atoms. The minimum Gasteiger partial charge on any atom is -0.466 e. The lowest BCUT2D eigenvalue weighted by Crippen LogP contribution is -2.22. The summed E-state index contributed by atoms with van der Waals surface area (Å²) in [4.78, 5) is 23.6. The normalized spacial score (nSPS) is 18.2. The van der Waals surface area contributed by atoms with E-state index in [1.165, 1.54) is 25.3 Å². The van der Waals surface area contributed by atoms with Gasteiger partial charge in [0.1, 0.15) is 5.69 Å².